The van der Waals surface area contributed by atoms with Crippen LogP contribution in [0.1, 0.15) is 37.5 Å². The highest BCUT2D eigenvalue weighted by Crippen LogP contribution is 2.33. The minimum Gasteiger partial charge on any atom is -0.375 e. The van der Waals surface area contributed by atoms with Crippen molar-refractivity contribution < 1.29 is 4.74 Å². The van der Waals surface area contributed by atoms with Crippen molar-refractivity contribution in [3.63, 3.8) is 0 Å². The SMILES string of the molecule is CC(C)(C)c1cccc2c1CC1NCCOC1C2. The highest BCUT2D eigenvalue weighted by atomic mass is 16.5. The standard InChI is InChI=1S/C16H23NO/c1-16(2,3)13-6-4-5-11-9-15-14(10-12(11)13)17-7-8-18-15/h4-6,14-15,17H,7-10H2,1-3H3. The van der Waals surface area contributed by atoms with Crippen LogP contribution in [0.5, 0.6) is 0 Å². The largest absolute Gasteiger partial charge is 0.375 e. The lowest BCUT2D eigenvalue weighted by Crippen LogP contribution is -2.52. The van der Waals surface area contributed by atoms with Gasteiger partial charge in [-0.3, -0.25) is 0 Å². The summed E-state index contributed by atoms with van der Waals surface area (Å²) in [5, 5.41) is 3.62. The van der Waals surface area contributed by atoms with Gasteiger partial charge >= 0.3 is 0 Å². The number of nitrogens with one attached hydrogen (secondary N) is 1. The van der Waals surface area contributed by atoms with E-state index in [4.69, 9.17) is 4.74 Å². The summed E-state index contributed by atoms with van der Waals surface area (Å²) in [4.78, 5) is 0. The quantitative estimate of drug-likeness (QED) is 0.758. The molecule has 2 atom stereocenters. The second kappa shape index (κ2) is 4.36. The number of rotatable bonds is 0. The van der Waals surface area contributed by atoms with Crippen LogP contribution in [0.2, 0.25) is 0 Å². The molecule has 18 heavy (non-hydrogen) atoms. The monoisotopic (exact) mass is 245 g/mol. The van der Waals surface area contributed by atoms with Crippen LogP contribution < -0.4 is 5.32 Å². The Bertz CT molecular complexity index is 447. The van der Waals surface area contributed by atoms with Crippen LogP contribution in [0.15, 0.2) is 18.2 Å². The van der Waals surface area contributed by atoms with Crippen molar-refractivity contribution in [2.24, 2.45) is 0 Å². The highest BCUT2D eigenvalue weighted by molar-refractivity contribution is 5.42. The summed E-state index contributed by atoms with van der Waals surface area (Å²) in [7, 11) is 0. The normalized spacial score (nSPS) is 27.5. The van der Waals surface area contributed by atoms with E-state index < -0.39 is 0 Å². The lowest BCUT2D eigenvalue weighted by atomic mass is 9.76. The van der Waals surface area contributed by atoms with Crippen LogP contribution in [0, 0.1) is 0 Å². The Morgan fingerprint density at radius 3 is 2.83 bits per heavy atom. The lowest BCUT2D eigenvalue weighted by Gasteiger charge is -2.39. The maximum atomic E-state index is 5.90. The Hall–Kier alpha value is -0.860. The molecule has 0 bridgehead atoms. The summed E-state index contributed by atoms with van der Waals surface area (Å²) in [6, 6.07) is 7.28. The molecule has 1 N–H and O–H groups in total. The molecule has 1 aromatic carbocycles. The van der Waals surface area contributed by atoms with Gasteiger partial charge in [-0.15, -0.1) is 0 Å². The Morgan fingerprint density at radius 2 is 2.06 bits per heavy atom. The molecule has 1 aromatic rings. The molecule has 0 aromatic heterocycles. The van der Waals surface area contributed by atoms with Gasteiger partial charge in [-0.25, -0.2) is 0 Å². The number of fused-ring (bicyclic) bond motifs is 2. The molecule has 2 nitrogen and oxygen atoms in total. The minimum atomic E-state index is 0.230. The third-order valence-electron chi connectivity index (χ3n) is 4.22. The average molecular weight is 245 g/mol. The summed E-state index contributed by atoms with van der Waals surface area (Å²) in [6.07, 6.45) is 2.56. The van der Waals surface area contributed by atoms with E-state index in [9.17, 15) is 0 Å². The molecule has 1 heterocycles. The lowest BCUT2D eigenvalue weighted by molar-refractivity contribution is -0.00753. The van der Waals surface area contributed by atoms with E-state index in [2.05, 4.69) is 44.3 Å². The fourth-order valence-electron chi connectivity index (χ4n) is 3.31. The third kappa shape index (κ3) is 2.08. The molecule has 2 heteroatoms. The molecule has 3 rings (SSSR count). The molecule has 0 amide bonds. The van der Waals surface area contributed by atoms with E-state index in [0.29, 0.717) is 12.1 Å². The fourth-order valence-corrected chi connectivity index (χ4v) is 3.31. The molecule has 98 valence electrons. The van der Waals surface area contributed by atoms with Gasteiger partial charge in [0, 0.05) is 19.0 Å². The van der Waals surface area contributed by atoms with E-state index in [0.717, 1.165) is 26.0 Å². The van der Waals surface area contributed by atoms with Crippen LogP contribution in [0.4, 0.5) is 0 Å². The molecular formula is C16H23NO. The fraction of sp³-hybridized carbons (Fsp3) is 0.625. The van der Waals surface area contributed by atoms with Crippen LogP contribution in [-0.2, 0) is 23.0 Å². The minimum absolute atomic E-state index is 0.230. The van der Waals surface area contributed by atoms with Crippen molar-refractivity contribution in [2.75, 3.05) is 13.2 Å². The predicted octanol–water partition coefficient (Wildman–Crippen LogP) is 2.44. The van der Waals surface area contributed by atoms with Gasteiger partial charge in [0.15, 0.2) is 0 Å². The molecule has 2 unspecified atom stereocenters. The van der Waals surface area contributed by atoms with Crippen LogP contribution in [0.25, 0.3) is 0 Å². The molecule has 0 spiro atoms. The molecule has 2 aliphatic rings. The van der Waals surface area contributed by atoms with E-state index in [1.54, 1.807) is 5.56 Å². The molecular weight excluding hydrogens is 222 g/mol. The molecule has 1 fully saturated rings. The first-order valence-corrected chi connectivity index (χ1v) is 7.02. The smallest absolute Gasteiger partial charge is 0.0772 e. The second-order valence-electron chi connectivity index (χ2n) is 6.57. The van der Waals surface area contributed by atoms with Crippen molar-refractivity contribution >= 4 is 0 Å². The van der Waals surface area contributed by atoms with Crippen LogP contribution in [0.3, 0.4) is 0 Å². The third-order valence-corrected chi connectivity index (χ3v) is 4.22. The van der Waals surface area contributed by atoms with Gasteiger partial charge in [-0.1, -0.05) is 39.0 Å². The second-order valence-corrected chi connectivity index (χ2v) is 6.57. The Labute approximate surface area is 110 Å². The molecule has 1 aliphatic heterocycles. The zero-order chi connectivity index (χ0) is 12.8. The van der Waals surface area contributed by atoms with E-state index >= 15 is 0 Å². The van der Waals surface area contributed by atoms with Crippen molar-refractivity contribution in [3.05, 3.63) is 34.9 Å². The zero-order valence-electron chi connectivity index (χ0n) is 11.6. The highest BCUT2D eigenvalue weighted by Gasteiger charge is 2.33. The topological polar surface area (TPSA) is 21.3 Å². The van der Waals surface area contributed by atoms with Crippen LogP contribution >= 0.6 is 0 Å². The van der Waals surface area contributed by atoms with E-state index in [1.165, 1.54) is 11.1 Å². The van der Waals surface area contributed by atoms with E-state index in [-0.39, 0.29) is 5.41 Å². The first kappa shape index (κ1) is 12.2. The van der Waals surface area contributed by atoms with Gasteiger partial charge in [-0.05, 0) is 28.5 Å². The summed E-state index contributed by atoms with van der Waals surface area (Å²) >= 11 is 0. The number of hydrogen-bond acceptors (Lipinski definition) is 2. The number of morpholine rings is 1. The molecule has 1 saturated heterocycles. The van der Waals surface area contributed by atoms with Crippen molar-refractivity contribution in [2.45, 2.75) is 51.2 Å². The number of ether oxygens (including phenoxy) is 1. The molecule has 0 radical (unpaired) electrons. The van der Waals surface area contributed by atoms with Crippen molar-refractivity contribution in [1.29, 1.82) is 0 Å². The van der Waals surface area contributed by atoms with Crippen molar-refractivity contribution in [1.82, 2.24) is 5.32 Å². The summed E-state index contributed by atoms with van der Waals surface area (Å²) in [6.45, 7) is 8.77. The number of hydrogen-bond donors (Lipinski definition) is 1. The maximum absolute atomic E-state index is 5.90. The van der Waals surface area contributed by atoms with Gasteiger partial charge in [0.2, 0.25) is 0 Å². The van der Waals surface area contributed by atoms with Gasteiger partial charge in [-0.2, -0.15) is 0 Å². The summed E-state index contributed by atoms with van der Waals surface area (Å²) in [5.74, 6) is 0. The Kier molecular flexibility index (Phi) is 2.95. The van der Waals surface area contributed by atoms with Crippen molar-refractivity contribution in [3.8, 4) is 0 Å². The Morgan fingerprint density at radius 1 is 1.22 bits per heavy atom. The summed E-state index contributed by atoms with van der Waals surface area (Å²) < 4.78 is 5.90. The van der Waals surface area contributed by atoms with Crippen LogP contribution in [-0.4, -0.2) is 25.3 Å². The van der Waals surface area contributed by atoms with Gasteiger partial charge < -0.3 is 10.1 Å². The predicted molar refractivity (Wildman–Crippen MR) is 74.1 cm³/mol. The first-order chi connectivity index (χ1) is 8.55. The molecule has 1 aliphatic carbocycles. The number of benzene rings is 1. The maximum Gasteiger partial charge on any atom is 0.0772 e. The average Bonchev–Trinajstić information content (AvgIpc) is 2.34. The first-order valence-electron chi connectivity index (χ1n) is 7.02. The molecule has 0 saturated carbocycles. The van der Waals surface area contributed by atoms with Gasteiger partial charge in [0.05, 0.1) is 12.7 Å². The van der Waals surface area contributed by atoms with Gasteiger partial charge in [0.25, 0.3) is 0 Å². The zero-order valence-corrected chi connectivity index (χ0v) is 11.6. The van der Waals surface area contributed by atoms with Gasteiger partial charge in [0.1, 0.15) is 0 Å². The van der Waals surface area contributed by atoms with E-state index in [1.807, 2.05) is 0 Å². The summed E-state index contributed by atoms with van der Waals surface area (Å²) in [5.41, 5.74) is 4.79. The Balaban J connectivity index is 2.00.